The molecule has 0 aliphatic carbocycles. The van der Waals surface area contributed by atoms with E-state index in [1.165, 1.54) is 0 Å². The van der Waals surface area contributed by atoms with E-state index in [2.05, 4.69) is 20.7 Å². The molecule has 1 rings (SSSR count). The normalized spacial score (nSPS) is 15.4. The minimum absolute atomic E-state index is 0.103. The van der Waals surface area contributed by atoms with Gasteiger partial charge in [0.25, 0.3) is 0 Å². The van der Waals surface area contributed by atoms with E-state index in [-0.39, 0.29) is 12.0 Å². The Kier molecular flexibility index (Phi) is 5.37. The van der Waals surface area contributed by atoms with Gasteiger partial charge in [-0.25, -0.2) is 13.1 Å². The molecule has 0 radical (unpaired) electrons. The lowest BCUT2D eigenvalue weighted by atomic mass is 10.1. The molecule has 1 aromatic carbocycles. The highest BCUT2D eigenvalue weighted by Gasteiger charge is 2.22. The second kappa shape index (κ2) is 6.17. The van der Waals surface area contributed by atoms with Crippen molar-refractivity contribution in [3.05, 3.63) is 29.3 Å². The molecule has 0 saturated carbocycles. The first-order valence-electron chi connectivity index (χ1n) is 5.93. The highest BCUT2D eigenvalue weighted by molar-refractivity contribution is 9.09. The van der Waals surface area contributed by atoms with Gasteiger partial charge in [0, 0.05) is 11.4 Å². The van der Waals surface area contributed by atoms with Crippen molar-refractivity contribution in [1.29, 1.82) is 0 Å². The third-order valence-electron chi connectivity index (χ3n) is 3.07. The van der Waals surface area contributed by atoms with Crippen LogP contribution in [-0.2, 0) is 10.0 Å². The summed E-state index contributed by atoms with van der Waals surface area (Å²) in [5, 5.41) is 0.767. The van der Waals surface area contributed by atoms with Gasteiger partial charge in [-0.1, -0.05) is 35.0 Å². The summed E-state index contributed by atoms with van der Waals surface area (Å²) >= 11 is 3.37. The standard InChI is InChI=1S/C13H20BrNO2S/c1-9-5-6-10(2)13(7-9)18(16,17)15-12(4)11(3)8-14/h5-7,11-12,15H,8H2,1-4H3. The van der Waals surface area contributed by atoms with Gasteiger partial charge in [-0.15, -0.1) is 0 Å². The maximum Gasteiger partial charge on any atom is 0.241 e. The molecule has 18 heavy (non-hydrogen) atoms. The Bertz CT molecular complexity index is 514. The van der Waals surface area contributed by atoms with Crippen LogP contribution in [0.4, 0.5) is 0 Å². The minimum atomic E-state index is -3.44. The Labute approximate surface area is 118 Å². The first-order chi connectivity index (χ1) is 8.27. The zero-order valence-corrected chi connectivity index (χ0v) is 13.6. The summed E-state index contributed by atoms with van der Waals surface area (Å²) in [4.78, 5) is 0.371. The monoisotopic (exact) mass is 333 g/mol. The van der Waals surface area contributed by atoms with E-state index in [4.69, 9.17) is 0 Å². The maximum atomic E-state index is 12.3. The van der Waals surface area contributed by atoms with Crippen LogP contribution in [0.2, 0.25) is 0 Å². The van der Waals surface area contributed by atoms with Crippen LogP contribution in [0.15, 0.2) is 23.1 Å². The van der Waals surface area contributed by atoms with E-state index in [1.807, 2.05) is 39.8 Å². The number of alkyl halides is 1. The van der Waals surface area contributed by atoms with Gasteiger partial charge in [0.15, 0.2) is 0 Å². The van der Waals surface area contributed by atoms with Gasteiger partial charge in [0.2, 0.25) is 10.0 Å². The maximum absolute atomic E-state index is 12.3. The van der Waals surface area contributed by atoms with E-state index < -0.39 is 10.0 Å². The molecule has 0 spiro atoms. The molecule has 0 bridgehead atoms. The van der Waals surface area contributed by atoms with Crippen LogP contribution in [0.3, 0.4) is 0 Å². The molecule has 0 aromatic heterocycles. The number of hydrogen-bond donors (Lipinski definition) is 1. The van der Waals surface area contributed by atoms with Crippen LogP contribution in [0.25, 0.3) is 0 Å². The molecule has 0 aliphatic heterocycles. The minimum Gasteiger partial charge on any atom is -0.208 e. The van der Waals surface area contributed by atoms with Crippen molar-refractivity contribution in [2.24, 2.45) is 5.92 Å². The largest absolute Gasteiger partial charge is 0.241 e. The Balaban J connectivity index is 3.03. The van der Waals surface area contributed by atoms with Gasteiger partial charge >= 0.3 is 0 Å². The summed E-state index contributed by atoms with van der Waals surface area (Å²) in [6.07, 6.45) is 0. The van der Waals surface area contributed by atoms with E-state index in [0.717, 1.165) is 16.5 Å². The third kappa shape index (κ3) is 3.80. The molecule has 2 atom stereocenters. The van der Waals surface area contributed by atoms with E-state index in [0.29, 0.717) is 4.90 Å². The molecule has 5 heteroatoms. The number of aryl methyl sites for hydroxylation is 2. The SMILES string of the molecule is Cc1ccc(C)c(S(=O)(=O)NC(C)C(C)CBr)c1. The Morgan fingerprint density at radius 1 is 1.28 bits per heavy atom. The number of nitrogens with one attached hydrogen (secondary N) is 1. The van der Waals surface area contributed by atoms with Gasteiger partial charge < -0.3 is 0 Å². The number of rotatable bonds is 5. The van der Waals surface area contributed by atoms with Gasteiger partial charge in [0.1, 0.15) is 0 Å². The van der Waals surface area contributed by atoms with Gasteiger partial charge in [-0.05, 0) is 43.9 Å². The Hall–Kier alpha value is -0.390. The summed E-state index contributed by atoms with van der Waals surface area (Å²) < 4.78 is 27.4. The predicted molar refractivity (Wildman–Crippen MR) is 78.7 cm³/mol. The van der Waals surface area contributed by atoms with Crippen LogP contribution < -0.4 is 4.72 Å². The van der Waals surface area contributed by atoms with E-state index in [1.54, 1.807) is 6.07 Å². The van der Waals surface area contributed by atoms with Crippen LogP contribution in [-0.4, -0.2) is 19.8 Å². The Morgan fingerprint density at radius 2 is 1.89 bits per heavy atom. The smallest absolute Gasteiger partial charge is 0.208 e. The molecular formula is C13H20BrNO2S. The number of halogens is 1. The molecule has 102 valence electrons. The molecule has 0 aliphatic rings. The van der Waals surface area contributed by atoms with Crippen molar-refractivity contribution < 1.29 is 8.42 Å². The van der Waals surface area contributed by atoms with E-state index in [9.17, 15) is 8.42 Å². The van der Waals surface area contributed by atoms with Crippen LogP contribution in [0.1, 0.15) is 25.0 Å². The van der Waals surface area contributed by atoms with Crippen molar-refractivity contribution in [1.82, 2.24) is 4.72 Å². The zero-order valence-electron chi connectivity index (χ0n) is 11.2. The van der Waals surface area contributed by atoms with Crippen molar-refractivity contribution in [3.8, 4) is 0 Å². The van der Waals surface area contributed by atoms with Crippen molar-refractivity contribution in [2.45, 2.75) is 38.6 Å². The van der Waals surface area contributed by atoms with E-state index >= 15 is 0 Å². The van der Waals surface area contributed by atoms with Crippen LogP contribution in [0.5, 0.6) is 0 Å². The second-order valence-corrected chi connectivity index (χ2v) is 7.14. The first kappa shape index (κ1) is 15.7. The van der Waals surface area contributed by atoms with Gasteiger partial charge in [0.05, 0.1) is 4.90 Å². The summed E-state index contributed by atoms with van der Waals surface area (Å²) in [5.74, 6) is 0.241. The summed E-state index contributed by atoms with van der Waals surface area (Å²) in [7, 11) is -3.44. The second-order valence-electron chi connectivity index (χ2n) is 4.81. The lowest BCUT2D eigenvalue weighted by molar-refractivity contribution is 0.484. The van der Waals surface area contributed by atoms with Crippen molar-refractivity contribution in [2.75, 3.05) is 5.33 Å². The molecule has 2 unspecified atom stereocenters. The summed E-state index contributed by atoms with van der Waals surface area (Å²) in [6.45, 7) is 7.59. The fourth-order valence-corrected chi connectivity index (χ4v) is 3.80. The summed E-state index contributed by atoms with van der Waals surface area (Å²) in [5.41, 5.74) is 1.72. The molecule has 1 aromatic rings. The van der Waals surface area contributed by atoms with Gasteiger partial charge in [-0.3, -0.25) is 0 Å². The van der Waals surface area contributed by atoms with Crippen molar-refractivity contribution in [3.63, 3.8) is 0 Å². The van der Waals surface area contributed by atoms with Gasteiger partial charge in [-0.2, -0.15) is 0 Å². The molecule has 1 N–H and O–H groups in total. The lowest BCUT2D eigenvalue weighted by Gasteiger charge is -2.20. The van der Waals surface area contributed by atoms with Crippen LogP contribution in [0, 0.1) is 19.8 Å². The van der Waals surface area contributed by atoms with Crippen LogP contribution >= 0.6 is 15.9 Å². The molecule has 0 saturated heterocycles. The molecule has 0 amide bonds. The zero-order chi connectivity index (χ0) is 13.9. The quantitative estimate of drug-likeness (QED) is 0.842. The molecular weight excluding hydrogens is 314 g/mol. The average molecular weight is 334 g/mol. The predicted octanol–water partition coefficient (Wildman–Crippen LogP) is 3.00. The van der Waals surface area contributed by atoms with Crippen molar-refractivity contribution >= 4 is 26.0 Å². The highest BCUT2D eigenvalue weighted by atomic mass is 79.9. The molecule has 0 fully saturated rings. The molecule has 3 nitrogen and oxygen atoms in total. The average Bonchev–Trinajstić information content (AvgIpc) is 2.30. The fraction of sp³-hybridized carbons (Fsp3) is 0.538. The third-order valence-corrected chi connectivity index (χ3v) is 5.79. The number of benzene rings is 1. The lowest BCUT2D eigenvalue weighted by Crippen LogP contribution is -2.37. The first-order valence-corrected chi connectivity index (χ1v) is 8.54. The number of sulfonamides is 1. The number of hydrogen-bond acceptors (Lipinski definition) is 2. The molecule has 0 heterocycles. The fourth-order valence-electron chi connectivity index (χ4n) is 1.55. The topological polar surface area (TPSA) is 46.2 Å². The highest BCUT2D eigenvalue weighted by Crippen LogP contribution is 2.18. The summed E-state index contributed by atoms with van der Waals surface area (Å²) in [6, 6.07) is 5.36. The Morgan fingerprint density at radius 3 is 2.44 bits per heavy atom.